The minimum Gasteiger partial charge on any atom is -0.478 e. The average molecular weight is 347 g/mol. The predicted octanol–water partition coefficient (Wildman–Crippen LogP) is 2.34. The number of rotatable bonds is 2. The number of carbonyl (C=O) groups excluding carboxylic acids is 2. The van der Waals surface area contributed by atoms with Gasteiger partial charge in [0, 0.05) is 6.20 Å². The van der Waals surface area contributed by atoms with Crippen LogP contribution in [0.1, 0.15) is 31.1 Å². The first kappa shape index (κ1) is 13.4. The van der Waals surface area contributed by atoms with E-state index in [1.165, 1.54) is 24.4 Å². The van der Waals surface area contributed by atoms with Gasteiger partial charge >= 0.3 is 5.97 Å². The number of fused-ring (bicyclic) bond motifs is 1. The molecule has 1 aliphatic heterocycles. The summed E-state index contributed by atoms with van der Waals surface area (Å²) in [6, 6.07) is 7.16. The minimum atomic E-state index is -1.16. The van der Waals surface area contributed by atoms with Crippen molar-refractivity contribution in [2.45, 2.75) is 0 Å². The van der Waals surface area contributed by atoms with E-state index in [0.29, 0.717) is 4.47 Å². The van der Waals surface area contributed by atoms with Gasteiger partial charge in [-0.05, 0) is 46.3 Å². The van der Waals surface area contributed by atoms with Crippen molar-refractivity contribution in [2.75, 3.05) is 4.90 Å². The molecule has 6 nitrogen and oxygen atoms in total. The van der Waals surface area contributed by atoms with Crippen LogP contribution >= 0.6 is 15.9 Å². The number of hydrogen-bond donors (Lipinski definition) is 1. The molecule has 0 saturated carbocycles. The monoisotopic (exact) mass is 346 g/mol. The number of amides is 2. The van der Waals surface area contributed by atoms with E-state index in [4.69, 9.17) is 5.11 Å². The van der Waals surface area contributed by atoms with E-state index in [9.17, 15) is 14.4 Å². The van der Waals surface area contributed by atoms with Crippen molar-refractivity contribution < 1.29 is 19.5 Å². The van der Waals surface area contributed by atoms with Crippen molar-refractivity contribution in [1.82, 2.24) is 4.98 Å². The van der Waals surface area contributed by atoms with Crippen LogP contribution in [0.3, 0.4) is 0 Å². The summed E-state index contributed by atoms with van der Waals surface area (Å²) in [5.41, 5.74) is 0.192. The van der Waals surface area contributed by atoms with Crippen molar-refractivity contribution in [1.29, 1.82) is 0 Å². The van der Waals surface area contributed by atoms with Crippen molar-refractivity contribution >= 4 is 39.5 Å². The molecule has 0 unspecified atom stereocenters. The number of carbonyl (C=O) groups is 3. The maximum absolute atomic E-state index is 12.4. The zero-order valence-corrected chi connectivity index (χ0v) is 12.0. The molecule has 1 aliphatic rings. The van der Waals surface area contributed by atoms with Crippen LogP contribution in [0.5, 0.6) is 0 Å². The average Bonchev–Trinajstić information content (AvgIpc) is 2.71. The molecule has 2 amide bonds. The van der Waals surface area contributed by atoms with E-state index >= 15 is 0 Å². The van der Waals surface area contributed by atoms with E-state index in [-0.39, 0.29) is 22.5 Å². The van der Waals surface area contributed by atoms with Crippen LogP contribution in [0.25, 0.3) is 0 Å². The largest absolute Gasteiger partial charge is 0.478 e. The summed E-state index contributed by atoms with van der Waals surface area (Å²) in [6.07, 6.45) is 1.46. The number of aromatic carboxylic acids is 1. The Bertz CT molecular complexity index is 803. The number of nitrogens with zero attached hydrogens (tertiary/aromatic N) is 2. The van der Waals surface area contributed by atoms with Gasteiger partial charge in [-0.2, -0.15) is 0 Å². The molecule has 0 radical (unpaired) electrons. The molecular formula is C14H7BrN2O4. The first-order chi connectivity index (χ1) is 10.0. The Balaban J connectivity index is 2.13. The normalized spacial score (nSPS) is 13.5. The molecule has 7 heteroatoms. The fourth-order valence-electron chi connectivity index (χ4n) is 2.11. The van der Waals surface area contributed by atoms with Crippen LogP contribution in [0.15, 0.2) is 41.0 Å². The van der Waals surface area contributed by atoms with Crippen LogP contribution < -0.4 is 4.90 Å². The summed E-state index contributed by atoms with van der Waals surface area (Å²) in [7, 11) is 0. The molecule has 2 aromatic rings. The molecule has 0 spiro atoms. The van der Waals surface area contributed by atoms with Crippen LogP contribution in [0, 0.1) is 0 Å². The fraction of sp³-hybridized carbons (Fsp3) is 0. The third-order valence-corrected chi connectivity index (χ3v) is 3.70. The highest BCUT2D eigenvalue weighted by atomic mass is 79.9. The fourth-order valence-corrected chi connectivity index (χ4v) is 2.54. The lowest BCUT2D eigenvalue weighted by atomic mass is 10.1. The summed E-state index contributed by atoms with van der Waals surface area (Å²) in [6.45, 7) is 0. The van der Waals surface area contributed by atoms with Crippen LogP contribution in [0.2, 0.25) is 0 Å². The lowest BCUT2D eigenvalue weighted by Crippen LogP contribution is -2.30. The third kappa shape index (κ3) is 2.02. The van der Waals surface area contributed by atoms with Gasteiger partial charge in [0.05, 0.1) is 21.2 Å². The molecule has 0 aliphatic carbocycles. The highest BCUT2D eigenvalue weighted by molar-refractivity contribution is 9.10. The summed E-state index contributed by atoms with van der Waals surface area (Å²) in [4.78, 5) is 40.6. The van der Waals surface area contributed by atoms with Crippen molar-refractivity contribution in [3.8, 4) is 0 Å². The standard InChI is InChI=1S/C14H7BrN2O4/c15-10-2-1-5-16-11(10)17-12(18)8-4-3-7(14(20)21)6-9(8)13(17)19/h1-6H,(H,20,21). The first-order valence-electron chi connectivity index (χ1n) is 5.87. The zero-order chi connectivity index (χ0) is 15.1. The molecule has 1 N–H and O–H groups in total. The van der Waals surface area contributed by atoms with Gasteiger partial charge in [0.1, 0.15) is 0 Å². The number of hydrogen-bond acceptors (Lipinski definition) is 4. The van der Waals surface area contributed by atoms with Gasteiger partial charge in [-0.25, -0.2) is 14.7 Å². The van der Waals surface area contributed by atoms with Crippen molar-refractivity contribution in [3.05, 3.63) is 57.7 Å². The van der Waals surface area contributed by atoms with Crippen molar-refractivity contribution in [3.63, 3.8) is 0 Å². The maximum atomic E-state index is 12.4. The van der Waals surface area contributed by atoms with Gasteiger partial charge in [0.15, 0.2) is 5.82 Å². The number of halogens is 1. The number of aromatic nitrogens is 1. The van der Waals surface area contributed by atoms with E-state index in [2.05, 4.69) is 20.9 Å². The number of carboxylic acids is 1. The van der Waals surface area contributed by atoms with E-state index < -0.39 is 17.8 Å². The quantitative estimate of drug-likeness (QED) is 0.843. The summed E-state index contributed by atoms with van der Waals surface area (Å²) < 4.78 is 0.498. The summed E-state index contributed by atoms with van der Waals surface area (Å²) in [5.74, 6) is -2.08. The Kier molecular flexibility index (Phi) is 3.06. The van der Waals surface area contributed by atoms with Crippen molar-refractivity contribution in [2.24, 2.45) is 0 Å². The minimum absolute atomic E-state index is 0.0446. The summed E-state index contributed by atoms with van der Waals surface area (Å²) >= 11 is 3.24. The molecule has 0 atom stereocenters. The number of benzene rings is 1. The second kappa shape index (κ2) is 4.78. The number of carboxylic acid groups (broad SMARTS) is 1. The Morgan fingerprint density at radius 3 is 2.52 bits per heavy atom. The van der Waals surface area contributed by atoms with Gasteiger partial charge in [0.25, 0.3) is 11.8 Å². The second-order valence-electron chi connectivity index (χ2n) is 4.32. The van der Waals surface area contributed by atoms with E-state index in [1.807, 2.05) is 0 Å². The highest BCUT2D eigenvalue weighted by Crippen LogP contribution is 2.31. The Morgan fingerprint density at radius 1 is 1.14 bits per heavy atom. The van der Waals surface area contributed by atoms with Gasteiger partial charge in [-0.15, -0.1) is 0 Å². The SMILES string of the molecule is O=C(O)c1ccc2c(c1)C(=O)N(c1ncccc1Br)C2=O. The molecule has 104 valence electrons. The lowest BCUT2D eigenvalue weighted by Gasteiger charge is -2.13. The van der Waals surface area contributed by atoms with E-state index in [0.717, 1.165) is 4.90 Å². The Labute approximate surface area is 127 Å². The van der Waals surface area contributed by atoms with Gasteiger partial charge in [-0.3, -0.25) is 9.59 Å². The van der Waals surface area contributed by atoms with Crippen LogP contribution in [-0.2, 0) is 0 Å². The van der Waals surface area contributed by atoms with Gasteiger partial charge in [-0.1, -0.05) is 0 Å². The predicted molar refractivity (Wildman–Crippen MR) is 76.5 cm³/mol. The Hall–Kier alpha value is -2.54. The number of imide groups is 1. The smallest absolute Gasteiger partial charge is 0.335 e. The molecule has 2 heterocycles. The molecule has 1 aromatic carbocycles. The van der Waals surface area contributed by atoms with E-state index in [1.54, 1.807) is 12.1 Å². The number of pyridine rings is 1. The highest BCUT2D eigenvalue weighted by Gasteiger charge is 2.38. The van der Waals surface area contributed by atoms with Crippen LogP contribution in [0.4, 0.5) is 5.82 Å². The Morgan fingerprint density at radius 2 is 1.86 bits per heavy atom. The molecule has 0 bridgehead atoms. The lowest BCUT2D eigenvalue weighted by molar-refractivity contribution is 0.0696. The molecular weight excluding hydrogens is 340 g/mol. The topological polar surface area (TPSA) is 87.6 Å². The molecule has 0 fully saturated rings. The molecule has 0 saturated heterocycles. The number of anilines is 1. The molecule has 21 heavy (non-hydrogen) atoms. The third-order valence-electron chi connectivity index (χ3n) is 3.08. The maximum Gasteiger partial charge on any atom is 0.335 e. The van der Waals surface area contributed by atoms with Gasteiger partial charge in [0.2, 0.25) is 0 Å². The van der Waals surface area contributed by atoms with Gasteiger partial charge < -0.3 is 5.11 Å². The first-order valence-corrected chi connectivity index (χ1v) is 6.66. The zero-order valence-electron chi connectivity index (χ0n) is 10.4. The molecule has 1 aromatic heterocycles. The molecule has 3 rings (SSSR count). The van der Waals surface area contributed by atoms with Crippen LogP contribution in [-0.4, -0.2) is 27.9 Å². The summed E-state index contributed by atoms with van der Waals surface area (Å²) in [5, 5.41) is 8.97. The second-order valence-corrected chi connectivity index (χ2v) is 5.17.